The van der Waals surface area contributed by atoms with Gasteiger partial charge in [-0.15, -0.1) is 11.3 Å². The molecular formula is C18H22N2O3S. The molecule has 1 aromatic heterocycles. The number of likely N-dealkylation sites (tertiary alicyclic amines) is 1. The molecule has 1 N–H and O–H groups in total. The molecule has 1 atom stereocenters. The van der Waals surface area contributed by atoms with Gasteiger partial charge in [-0.1, -0.05) is 12.1 Å². The van der Waals surface area contributed by atoms with Crippen molar-refractivity contribution in [1.29, 1.82) is 0 Å². The van der Waals surface area contributed by atoms with Crippen LogP contribution in [0.1, 0.15) is 37.1 Å². The number of carboxylic acids is 1. The van der Waals surface area contributed by atoms with Crippen LogP contribution in [0.2, 0.25) is 0 Å². The van der Waals surface area contributed by atoms with Crippen molar-refractivity contribution in [3.8, 4) is 0 Å². The minimum absolute atomic E-state index is 0.0882. The molecule has 1 saturated heterocycles. The number of piperidine rings is 1. The summed E-state index contributed by atoms with van der Waals surface area (Å²) in [5.74, 6) is -1.10. The van der Waals surface area contributed by atoms with E-state index in [2.05, 4.69) is 11.1 Å². The van der Waals surface area contributed by atoms with E-state index in [4.69, 9.17) is 5.11 Å². The molecule has 128 valence electrons. The number of hydrogen-bond donors (Lipinski definition) is 1. The topological polar surface area (TPSA) is 70.5 Å². The van der Waals surface area contributed by atoms with Crippen LogP contribution in [0.3, 0.4) is 0 Å². The van der Waals surface area contributed by atoms with E-state index in [1.54, 1.807) is 16.2 Å². The van der Waals surface area contributed by atoms with E-state index < -0.39 is 11.9 Å². The molecule has 0 aliphatic carbocycles. The van der Waals surface area contributed by atoms with Gasteiger partial charge in [0.25, 0.3) is 0 Å². The highest BCUT2D eigenvalue weighted by Gasteiger charge is 2.27. The first-order valence-corrected chi connectivity index (χ1v) is 9.30. The van der Waals surface area contributed by atoms with E-state index in [1.165, 1.54) is 4.70 Å². The summed E-state index contributed by atoms with van der Waals surface area (Å²) in [6.45, 7) is 1.06. The quantitative estimate of drug-likeness (QED) is 0.815. The molecule has 0 unspecified atom stereocenters. The van der Waals surface area contributed by atoms with Gasteiger partial charge < -0.3 is 10.0 Å². The number of carboxylic acid groups (broad SMARTS) is 1. The van der Waals surface area contributed by atoms with E-state index in [-0.39, 0.29) is 5.91 Å². The molecular weight excluding hydrogens is 324 g/mol. The second kappa shape index (κ2) is 7.75. The highest BCUT2D eigenvalue weighted by atomic mass is 32.1. The summed E-state index contributed by atoms with van der Waals surface area (Å²) < 4.78 is 1.21. The maximum absolute atomic E-state index is 12.2. The number of aryl methyl sites for hydroxylation is 1. The Balaban J connectivity index is 1.42. The molecule has 5 nitrogen and oxygen atoms in total. The number of amides is 1. The van der Waals surface area contributed by atoms with E-state index in [0.717, 1.165) is 36.2 Å². The molecule has 2 aromatic rings. The lowest BCUT2D eigenvalue weighted by Gasteiger charge is -2.30. The molecule has 6 heteroatoms. The third kappa shape index (κ3) is 4.12. The van der Waals surface area contributed by atoms with Crippen LogP contribution in [0.25, 0.3) is 10.2 Å². The zero-order valence-electron chi connectivity index (χ0n) is 13.6. The van der Waals surface area contributed by atoms with E-state index >= 15 is 0 Å². The Hall–Kier alpha value is -1.95. The maximum Gasteiger partial charge on any atom is 0.308 e. The minimum Gasteiger partial charge on any atom is -0.481 e. The molecule has 2 heterocycles. The van der Waals surface area contributed by atoms with Gasteiger partial charge in [-0.3, -0.25) is 9.59 Å². The number of thiazole rings is 1. The molecule has 3 rings (SSSR count). The standard InChI is InChI=1S/C18H22N2O3S/c21-17(20-11-5-6-13(12-20)18(22)23)10-4-3-9-16-19-14-7-1-2-8-15(14)24-16/h1-2,7-8,13H,3-6,9-12H2,(H,22,23)/t13-/m0/s1. The lowest BCUT2D eigenvalue weighted by atomic mass is 9.98. The van der Waals surface area contributed by atoms with Crippen LogP contribution in [-0.2, 0) is 16.0 Å². The van der Waals surface area contributed by atoms with E-state index in [0.29, 0.717) is 25.9 Å². The second-order valence-electron chi connectivity index (χ2n) is 6.30. The van der Waals surface area contributed by atoms with Crippen LogP contribution in [0.15, 0.2) is 24.3 Å². The molecule has 0 bridgehead atoms. The normalized spacial score (nSPS) is 18.0. The number of aliphatic carboxylic acids is 1. The van der Waals surface area contributed by atoms with Gasteiger partial charge >= 0.3 is 5.97 Å². The van der Waals surface area contributed by atoms with Gasteiger partial charge in [0.1, 0.15) is 0 Å². The fourth-order valence-electron chi connectivity index (χ4n) is 3.14. The SMILES string of the molecule is O=C(O)[C@H]1CCCN(C(=O)CCCCc2nc3ccccc3s2)C1. The average Bonchev–Trinajstić information content (AvgIpc) is 3.01. The smallest absolute Gasteiger partial charge is 0.308 e. The van der Waals surface area contributed by atoms with Gasteiger partial charge in [0.15, 0.2) is 0 Å². The molecule has 1 amide bonds. The molecule has 0 saturated carbocycles. The van der Waals surface area contributed by atoms with Crippen LogP contribution in [0, 0.1) is 5.92 Å². The number of carbonyl (C=O) groups is 2. The Bertz CT molecular complexity index is 695. The van der Waals surface area contributed by atoms with Crippen LogP contribution in [0.4, 0.5) is 0 Å². The van der Waals surface area contributed by atoms with E-state index in [1.807, 2.05) is 18.2 Å². The maximum atomic E-state index is 12.2. The molecule has 24 heavy (non-hydrogen) atoms. The Morgan fingerprint density at radius 3 is 2.92 bits per heavy atom. The van der Waals surface area contributed by atoms with Crippen molar-refractivity contribution in [3.05, 3.63) is 29.3 Å². The largest absolute Gasteiger partial charge is 0.481 e. The van der Waals surface area contributed by atoms with Crippen molar-refractivity contribution in [2.75, 3.05) is 13.1 Å². The summed E-state index contributed by atoms with van der Waals surface area (Å²) in [6, 6.07) is 8.11. The van der Waals surface area contributed by atoms with Crippen molar-refractivity contribution in [2.24, 2.45) is 5.92 Å². The summed E-state index contributed by atoms with van der Waals surface area (Å²) in [7, 11) is 0. The number of para-hydroxylation sites is 1. The van der Waals surface area contributed by atoms with Gasteiger partial charge in [0.2, 0.25) is 5.91 Å². The zero-order valence-corrected chi connectivity index (χ0v) is 14.4. The third-order valence-corrected chi connectivity index (χ3v) is 5.59. The average molecular weight is 346 g/mol. The number of benzene rings is 1. The lowest BCUT2D eigenvalue weighted by molar-refractivity contribution is -0.145. The molecule has 1 aliphatic heterocycles. The highest BCUT2D eigenvalue weighted by Crippen LogP contribution is 2.23. The first-order chi connectivity index (χ1) is 11.6. The van der Waals surface area contributed by atoms with Gasteiger partial charge in [-0.2, -0.15) is 0 Å². The van der Waals surface area contributed by atoms with Gasteiger partial charge in [0.05, 0.1) is 21.1 Å². The molecule has 0 spiro atoms. The lowest BCUT2D eigenvalue weighted by Crippen LogP contribution is -2.42. The van der Waals surface area contributed by atoms with Gasteiger partial charge in [0, 0.05) is 19.5 Å². The predicted molar refractivity (Wildman–Crippen MR) is 94.1 cm³/mol. The van der Waals surface area contributed by atoms with Crippen molar-refractivity contribution in [3.63, 3.8) is 0 Å². The molecule has 1 fully saturated rings. The van der Waals surface area contributed by atoms with Crippen molar-refractivity contribution >= 4 is 33.4 Å². The summed E-state index contributed by atoms with van der Waals surface area (Å²) in [5, 5.41) is 10.2. The Kier molecular flexibility index (Phi) is 5.45. The van der Waals surface area contributed by atoms with Crippen LogP contribution in [-0.4, -0.2) is 40.0 Å². The van der Waals surface area contributed by atoms with Gasteiger partial charge in [-0.05, 0) is 44.2 Å². The fraction of sp³-hybridized carbons (Fsp3) is 0.500. The van der Waals surface area contributed by atoms with Crippen LogP contribution < -0.4 is 0 Å². The summed E-state index contributed by atoms with van der Waals surface area (Å²) in [6.07, 6.45) is 4.61. The minimum atomic E-state index is -0.789. The highest BCUT2D eigenvalue weighted by molar-refractivity contribution is 7.18. The number of unbranched alkanes of at least 4 members (excludes halogenated alkanes) is 1. The number of rotatable bonds is 6. The summed E-state index contributed by atoms with van der Waals surface area (Å²) >= 11 is 1.72. The van der Waals surface area contributed by atoms with Crippen molar-refractivity contribution in [2.45, 2.75) is 38.5 Å². The first-order valence-electron chi connectivity index (χ1n) is 8.48. The number of fused-ring (bicyclic) bond motifs is 1. The monoisotopic (exact) mass is 346 g/mol. The third-order valence-electron chi connectivity index (χ3n) is 4.49. The Labute approximate surface area is 145 Å². The second-order valence-corrected chi connectivity index (χ2v) is 7.41. The van der Waals surface area contributed by atoms with Crippen LogP contribution in [0.5, 0.6) is 0 Å². The van der Waals surface area contributed by atoms with Gasteiger partial charge in [-0.25, -0.2) is 4.98 Å². The zero-order chi connectivity index (χ0) is 16.9. The van der Waals surface area contributed by atoms with Crippen LogP contribution >= 0.6 is 11.3 Å². The Morgan fingerprint density at radius 2 is 2.12 bits per heavy atom. The number of nitrogens with zero attached hydrogens (tertiary/aromatic N) is 2. The number of aromatic nitrogens is 1. The fourth-order valence-corrected chi connectivity index (χ4v) is 4.15. The molecule has 1 aliphatic rings. The molecule has 0 radical (unpaired) electrons. The summed E-state index contributed by atoms with van der Waals surface area (Å²) in [5.41, 5.74) is 1.04. The number of carbonyl (C=O) groups excluding carboxylic acids is 1. The van der Waals surface area contributed by atoms with Crippen molar-refractivity contribution < 1.29 is 14.7 Å². The molecule has 1 aromatic carbocycles. The number of hydrogen-bond acceptors (Lipinski definition) is 4. The van der Waals surface area contributed by atoms with E-state index in [9.17, 15) is 9.59 Å². The predicted octanol–water partition coefficient (Wildman–Crippen LogP) is 3.33. The first kappa shape index (κ1) is 16.9. The Morgan fingerprint density at radius 1 is 1.29 bits per heavy atom. The summed E-state index contributed by atoms with van der Waals surface area (Å²) in [4.78, 5) is 29.6. The van der Waals surface area contributed by atoms with Crippen molar-refractivity contribution in [1.82, 2.24) is 9.88 Å².